The van der Waals surface area contributed by atoms with Crippen molar-refractivity contribution in [3.63, 3.8) is 0 Å². The van der Waals surface area contributed by atoms with Crippen molar-refractivity contribution < 1.29 is 19.4 Å². The molecule has 0 atom stereocenters. The molecule has 0 bridgehead atoms. The van der Waals surface area contributed by atoms with E-state index in [0.717, 1.165) is 0 Å². The molecule has 0 aliphatic heterocycles. The lowest BCUT2D eigenvalue weighted by molar-refractivity contribution is 0.0526. The highest BCUT2D eigenvalue weighted by atomic mass is 79.9. The third-order valence-electron chi connectivity index (χ3n) is 3.01. The lowest BCUT2D eigenvalue weighted by atomic mass is 10.1. The van der Waals surface area contributed by atoms with Crippen LogP contribution in [0.15, 0.2) is 43.7 Å². The fourth-order valence-corrected chi connectivity index (χ4v) is 3.51. The third-order valence-corrected chi connectivity index (χ3v) is 4.87. The van der Waals surface area contributed by atoms with Crippen molar-refractivity contribution in [3.8, 4) is 5.75 Å². The van der Waals surface area contributed by atoms with Crippen LogP contribution in [0.3, 0.4) is 0 Å². The molecule has 0 fully saturated rings. The monoisotopic (exact) mass is 519 g/mol. The maximum atomic E-state index is 12.4. The molecule has 0 saturated carbocycles. The van der Waals surface area contributed by atoms with Crippen molar-refractivity contribution in [1.82, 2.24) is 0 Å². The Bertz CT molecular complexity index is 785. The summed E-state index contributed by atoms with van der Waals surface area (Å²) in [4.78, 5) is 24.1. The lowest BCUT2D eigenvalue weighted by Gasteiger charge is -2.10. The highest BCUT2D eigenvalue weighted by molar-refractivity contribution is 9.11. The molecule has 2 aromatic carbocycles. The van der Waals surface area contributed by atoms with Gasteiger partial charge in [-0.2, -0.15) is 0 Å². The molecular formula is C16H12Br3NO4. The number of rotatable bonds is 4. The first-order valence-electron chi connectivity index (χ1n) is 6.79. The fourth-order valence-electron chi connectivity index (χ4n) is 1.85. The Balaban J connectivity index is 2.22. The summed E-state index contributed by atoms with van der Waals surface area (Å²) in [7, 11) is 0. The summed E-state index contributed by atoms with van der Waals surface area (Å²) >= 11 is 9.70. The Morgan fingerprint density at radius 3 is 2.17 bits per heavy atom. The van der Waals surface area contributed by atoms with E-state index in [-0.39, 0.29) is 11.7 Å². The summed E-state index contributed by atoms with van der Waals surface area (Å²) in [5.74, 6) is -0.769. The third kappa shape index (κ3) is 4.37. The van der Waals surface area contributed by atoms with Crippen LogP contribution >= 0.6 is 47.8 Å². The van der Waals surface area contributed by atoms with Gasteiger partial charge in [0.2, 0.25) is 0 Å². The summed E-state index contributed by atoms with van der Waals surface area (Å²) in [6, 6.07) is 7.78. The van der Waals surface area contributed by atoms with Gasteiger partial charge < -0.3 is 15.2 Å². The van der Waals surface area contributed by atoms with Crippen molar-refractivity contribution in [2.75, 3.05) is 11.9 Å². The van der Waals surface area contributed by atoms with Gasteiger partial charge in [-0.25, -0.2) is 4.79 Å². The second-order valence-corrected chi connectivity index (χ2v) is 7.22. The predicted octanol–water partition coefficient (Wildman–Crippen LogP) is 5.11. The zero-order valence-electron chi connectivity index (χ0n) is 12.4. The normalized spacial score (nSPS) is 10.3. The number of benzene rings is 2. The number of aromatic hydroxyl groups is 1. The molecule has 1 amide bonds. The van der Waals surface area contributed by atoms with E-state index in [2.05, 4.69) is 53.1 Å². The molecule has 0 aliphatic rings. The molecule has 0 radical (unpaired) electrons. The number of ether oxygens (including phenoxy) is 1. The van der Waals surface area contributed by atoms with Crippen LogP contribution in [-0.4, -0.2) is 23.6 Å². The van der Waals surface area contributed by atoms with Crippen molar-refractivity contribution in [1.29, 1.82) is 0 Å². The number of phenols is 1. The topological polar surface area (TPSA) is 75.6 Å². The van der Waals surface area contributed by atoms with Crippen molar-refractivity contribution >= 4 is 65.4 Å². The number of hydrogen-bond acceptors (Lipinski definition) is 4. The van der Waals surface area contributed by atoms with Gasteiger partial charge in [0.15, 0.2) is 0 Å². The molecule has 0 aromatic heterocycles. The van der Waals surface area contributed by atoms with Gasteiger partial charge in [-0.1, -0.05) is 0 Å². The quantitative estimate of drug-likeness (QED) is 0.548. The zero-order chi connectivity index (χ0) is 17.9. The summed E-state index contributed by atoms with van der Waals surface area (Å²) in [5, 5.41) is 12.4. The van der Waals surface area contributed by atoms with Crippen LogP contribution in [0.5, 0.6) is 5.75 Å². The molecule has 0 spiro atoms. The summed E-state index contributed by atoms with van der Waals surface area (Å²) < 4.78 is 6.29. The number of hydrogen-bond donors (Lipinski definition) is 2. The summed E-state index contributed by atoms with van der Waals surface area (Å²) in [6.45, 7) is 2.02. The van der Waals surface area contributed by atoms with Crippen molar-refractivity contribution in [3.05, 3.63) is 54.9 Å². The highest BCUT2D eigenvalue weighted by Gasteiger charge is 2.14. The Labute approximate surface area is 163 Å². The van der Waals surface area contributed by atoms with Crippen LogP contribution in [0.4, 0.5) is 5.69 Å². The van der Waals surface area contributed by atoms with Gasteiger partial charge in [0, 0.05) is 10.0 Å². The van der Waals surface area contributed by atoms with Gasteiger partial charge in [-0.05, 0) is 85.0 Å². The molecule has 126 valence electrons. The molecule has 0 heterocycles. The maximum Gasteiger partial charge on any atom is 0.338 e. The van der Waals surface area contributed by atoms with E-state index in [1.165, 1.54) is 12.1 Å². The van der Waals surface area contributed by atoms with Crippen LogP contribution in [0.1, 0.15) is 27.6 Å². The molecule has 0 aliphatic carbocycles. The van der Waals surface area contributed by atoms with Crippen LogP contribution < -0.4 is 5.32 Å². The molecular weight excluding hydrogens is 510 g/mol. The smallest absolute Gasteiger partial charge is 0.338 e. The molecule has 2 aromatic rings. The Kier molecular flexibility index (Phi) is 6.42. The highest BCUT2D eigenvalue weighted by Crippen LogP contribution is 2.34. The van der Waals surface area contributed by atoms with Crippen molar-refractivity contribution in [2.45, 2.75) is 6.92 Å². The van der Waals surface area contributed by atoms with Gasteiger partial charge in [0.05, 0.1) is 26.8 Å². The number of phenolic OH excluding ortho intramolecular Hbond substituents is 1. The Morgan fingerprint density at radius 1 is 1.04 bits per heavy atom. The summed E-state index contributed by atoms with van der Waals surface area (Å²) in [6.07, 6.45) is 0. The Hall–Kier alpha value is -1.38. The van der Waals surface area contributed by atoms with E-state index in [1.807, 2.05) is 0 Å². The summed E-state index contributed by atoms with van der Waals surface area (Å²) in [5.41, 5.74) is 1.25. The Morgan fingerprint density at radius 2 is 1.62 bits per heavy atom. The van der Waals surface area contributed by atoms with E-state index >= 15 is 0 Å². The van der Waals surface area contributed by atoms with E-state index in [0.29, 0.717) is 36.8 Å². The number of anilines is 1. The van der Waals surface area contributed by atoms with E-state index in [1.54, 1.807) is 25.1 Å². The average Bonchev–Trinajstić information content (AvgIpc) is 2.54. The minimum Gasteiger partial charge on any atom is -0.506 e. The van der Waals surface area contributed by atoms with Crippen LogP contribution in [0.2, 0.25) is 0 Å². The largest absolute Gasteiger partial charge is 0.506 e. The van der Waals surface area contributed by atoms with E-state index in [4.69, 9.17) is 4.74 Å². The second kappa shape index (κ2) is 8.13. The van der Waals surface area contributed by atoms with Gasteiger partial charge in [0.1, 0.15) is 5.75 Å². The fraction of sp³-hybridized carbons (Fsp3) is 0.125. The van der Waals surface area contributed by atoms with Gasteiger partial charge in [-0.15, -0.1) is 0 Å². The molecule has 2 rings (SSSR count). The minimum atomic E-state index is -0.428. The molecule has 2 N–H and O–H groups in total. The number of halogens is 3. The van der Waals surface area contributed by atoms with Gasteiger partial charge >= 0.3 is 5.97 Å². The first-order valence-corrected chi connectivity index (χ1v) is 9.17. The number of esters is 1. The molecule has 5 nitrogen and oxygen atoms in total. The number of amides is 1. The maximum absolute atomic E-state index is 12.4. The molecule has 0 saturated heterocycles. The SMILES string of the molecule is CCOC(=O)c1ccc(NC(=O)c2cc(Br)c(O)c(Br)c2)c(Br)c1. The van der Waals surface area contributed by atoms with Crippen LogP contribution in [-0.2, 0) is 4.74 Å². The zero-order valence-corrected chi connectivity index (χ0v) is 17.2. The molecule has 8 heteroatoms. The van der Waals surface area contributed by atoms with Gasteiger partial charge in [-0.3, -0.25) is 4.79 Å². The molecule has 0 unspecified atom stereocenters. The van der Waals surface area contributed by atoms with E-state index in [9.17, 15) is 14.7 Å². The van der Waals surface area contributed by atoms with Crippen molar-refractivity contribution in [2.24, 2.45) is 0 Å². The van der Waals surface area contributed by atoms with Crippen LogP contribution in [0, 0.1) is 0 Å². The van der Waals surface area contributed by atoms with Gasteiger partial charge in [0.25, 0.3) is 5.91 Å². The molecule has 24 heavy (non-hydrogen) atoms. The second-order valence-electron chi connectivity index (χ2n) is 4.66. The number of carbonyl (C=O) groups excluding carboxylic acids is 2. The van der Waals surface area contributed by atoms with Crippen LogP contribution in [0.25, 0.3) is 0 Å². The first kappa shape index (κ1) is 19.0. The van der Waals surface area contributed by atoms with E-state index < -0.39 is 5.97 Å². The minimum absolute atomic E-state index is 0.0199. The number of nitrogens with one attached hydrogen (secondary N) is 1. The number of carbonyl (C=O) groups is 2. The first-order chi connectivity index (χ1) is 11.3. The lowest BCUT2D eigenvalue weighted by Crippen LogP contribution is -2.13. The standard InChI is InChI=1S/C16H12Br3NO4/c1-2-24-16(23)8-3-4-13(10(17)5-8)20-15(22)9-6-11(18)14(21)12(19)7-9/h3-7,21H,2H2,1H3,(H,20,22). The predicted molar refractivity (Wildman–Crippen MR) is 102 cm³/mol. The average molecular weight is 522 g/mol.